The minimum atomic E-state index is -0.520. The van der Waals surface area contributed by atoms with Gasteiger partial charge in [0.2, 0.25) is 0 Å². The Bertz CT molecular complexity index is 1090. The van der Waals surface area contributed by atoms with E-state index in [4.69, 9.17) is 18.9 Å². The number of esters is 1. The van der Waals surface area contributed by atoms with Crippen molar-refractivity contribution in [1.29, 1.82) is 0 Å². The number of thiophene rings is 1. The molecule has 0 saturated carbocycles. The van der Waals surface area contributed by atoms with Gasteiger partial charge in [0.05, 0.1) is 20.8 Å². The van der Waals surface area contributed by atoms with Crippen molar-refractivity contribution >= 4 is 28.2 Å². The number of hydrogen-bond acceptors (Lipinski definition) is 7. The lowest BCUT2D eigenvalue weighted by Crippen LogP contribution is -2.21. The molecule has 32 heavy (non-hydrogen) atoms. The number of rotatable bonds is 9. The fourth-order valence-corrected chi connectivity index (χ4v) is 3.99. The Kier molecular flexibility index (Phi) is 7.72. The van der Waals surface area contributed by atoms with Gasteiger partial charge in [-0.2, -0.15) is 0 Å². The van der Waals surface area contributed by atoms with Gasteiger partial charge < -0.3 is 24.3 Å². The molecule has 0 spiro atoms. The number of anilines is 1. The van der Waals surface area contributed by atoms with Gasteiger partial charge in [-0.1, -0.05) is 23.8 Å². The van der Waals surface area contributed by atoms with Crippen LogP contribution in [0.1, 0.15) is 22.8 Å². The summed E-state index contributed by atoms with van der Waals surface area (Å²) in [5, 5.41) is 4.96. The molecule has 1 aromatic heterocycles. The van der Waals surface area contributed by atoms with Crippen LogP contribution in [0.25, 0.3) is 11.1 Å². The SMILES string of the molecule is CCOC(=O)c1c(-c2ccc(OC)c(OC)c2)csc1NC(=O)COc1ccc(C)cc1. The Morgan fingerprint density at radius 3 is 2.38 bits per heavy atom. The van der Waals surface area contributed by atoms with Gasteiger partial charge in [-0.05, 0) is 43.7 Å². The topological polar surface area (TPSA) is 83.1 Å². The first-order valence-electron chi connectivity index (χ1n) is 9.97. The second-order valence-electron chi connectivity index (χ2n) is 6.79. The first-order valence-corrected chi connectivity index (χ1v) is 10.8. The summed E-state index contributed by atoms with van der Waals surface area (Å²) >= 11 is 1.24. The summed E-state index contributed by atoms with van der Waals surface area (Å²) in [7, 11) is 3.10. The van der Waals surface area contributed by atoms with Gasteiger partial charge in [0, 0.05) is 10.9 Å². The highest BCUT2D eigenvalue weighted by Gasteiger charge is 2.23. The molecule has 0 radical (unpaired) electrons. The lowest BCUT2D eigenvalue weighted by Gasteiger charge is -2.11. The van der Waals surface area contributed by atoms with Crippen LogP contribution in [0.15, 0.2) is 47.8 Å². The average Bonchev–Trinajstić information content (AvgIpc) is 3.21. The summed E-state index contributed by atoms with van der Waals surface area (Å²) in [5.74, 6) is 0.799. The molecule has 3 rings (SSSR count). The van der Waals surface area contributed by atoms with Crippen LogP contribution in [0.3, 0.4) is 0 Å². The quantitative estimate of drug-likeness (QED) is 0.461. The number of carbonyl (C=O) groups is 2. The van der Waals surface area contributed by atoms with Crippen LogP contribution in [0, 0.1) is 6.92 Å². The van der Waals surface area contributed by atoms with Gasteiger partial charge in [0.1, 0.15) is 16.3 Å². The molecule has 8 heteroatoms. The van der Waals surface area contributed by atoms with Crippen molar-refractivity contribution in [2.75, 3.05) is 32.8 Å². The molecule has 7 nitrogen and oxygen atoms in total. The Balaban J connectivity index is 1.85. The Hall–Kier alpha value is -3.52. The number of hydrogen-bond donors (Lipinski definition) is 1. The molecule has 0 aliphatic rings. The number of benzene rings is 2. The van der Waals surface area contributed by atoms with E-state index in [0.29, 0.717) is 27.8 Å². The number of amides is 1. The average molecular weight is 456 g/mol. The van der Waals surface area contributed by atoms with Gasteiger partial charge in [0.25, 0.3) is 5.91 Å². The summed E-state index contributed by atoms with van der Waals surface area (Å²) in [6.07, 6.45) is 0. The minimum Gasteiger partial charge on any atom is -0.493 e. The summed E-state index contributed by atoms with van der Waals surface area (Å²) in [4.78, 5) is 25.2. The van der Waals surface area contributed by atoms with Crippen LogP contribution in [-0.4, -0.2) is 39.3 Å². The predicted octanol–water partition coefficient (Wildman–Crippen LogP) is 4.93. The van der Waals surface area contributed by atoms with Crippen molar-refractivity contribution in [3.05, 3.63) is 59.0 Å². The van der Waals surface area contributed by atoms with Gasteiger partial charge in [-0.15, -0.1) is 11.3 Å². The third kappa shape index (κ3) is 5.39. The molecule has 0 aliphatic carbocycles. The molecule has 0 unspecified atom stereocenters. The van der Waals surface area contributed by atoms with Crippen LogP contribution in [-0.2, 0) is 9.53 Å². The van der Waals surface area contributed by atoms with Crippen LogP contribution in [0.5, 0.6) is 17.2 Å². The summed E-state index contributed by atoms with van der Waals surface area (Å²) in [6, 6.07) is 12.8. The molecule has 168 valence electrons. The molecule has 0 atom stereocenters. The summed E-state index contributed by atoms with van der Waals surface area (Å²) in [6.45, 7) is 3.73. The van der Waals surface area contributed by atoms with E-state index in [2.05, 4.69) is 5.32 Å². The zero-order chi connectivity index (χ0) is 23.1. The Morgan fingerprint density at radius 2 is 1.72 bits per heavy atom. The molecule has 0 bridgehead atoms. The highest BCUT2D eigenvalue weighted by molar-refractivity contribution is 7.15. The Morgan fingerprint density at radius 1 is 1.00 bits per heavy atom. The second-order valence-corrected chi connectivity index (χ2v) is 7.67. The van der Waals surface area contributed by atoms with E-state index < -0.39 is 5.97 Å². The summed E-state index contributed by atoms with van der Waals surface area (Å²) in [5.41, 5.74) is 2.75. The number of methoxy groups -OCH3 is 2. The highest BCUT2D eigenvalue weighted by Crippen LogP contribution is 2.39. The predicted molar refractivity (Wildman–Crippen MR) is 124 cm³/mol. The smallest absolute Gasteiger partial charge is 0.341 e. The van der Waals surface area contributed by atoms with Gasteiger partial charge >= 0.3 is 5.97 Å². The normalized spacial score (nSPS) is 10.4. The molecule has 2 aromatic carbocycles. The first-order chi connectivity index (χ1) is 15.5. The van der Waals surface area contributed by atoms with Crippen molar-refractivity contribution in [2.24, 2.45) is 0 Å². The lowest BCUT2D eigenvalue weighted by molar-refractivity contribution is -0.118. The summed E-state index contributed by atoms with van der Waals surface area (Å²) < 4.78 is 21.4. The van der Waals surface area contributed by atoms with Crippen LogP contribution in [0.4, 0.5) is 5.00 Å². The van der Waals surface area contributed by atoms with E-state index in [0.717, 1.165) is 11.1 Å². The maximum absolute atomic E-state index is 12.7. The molecule has 1 amide bonds. The second kappa shape index (κ2) is 10.7. The van der Waals surface area contributed by atoms with Crippen molar-refractivity contribution in [3.63, 3.8) is 0 Å². The fraction of sp³-hybridized carbons (Fsp3) is 0.250. The zero-order valence-corrected chi connectivity index (χ0v) is 19.2. The largest absolute Gasteiger partial charge is 0.493 e. The van der Waals surface area contributed by atoms with Crippen LogP contribution < -0.4 is 19.5 Å². The molecular formula is C24H25NO6S. The third-order valence-electron chi connectivity index (χ3n) is 4.61. The molecule has 1 heterocycles. The number of ether oxygens (including phenoxy) is 4. The molecule has 0 aliphatic heterocycles. The molecule has 3 aromatic rings. The van der Waals surface area contributed by atoms with E-state index in [1.807, 2.05) is 25.1 Å². The Labute approximate surface area is 190 Å². The number of nitrogens with one attached hydrogen (secondary N) is 1. The highest BCUT2D eigenvalue weighted by atomic mass is 32.1. The van der Waals surface area contributed by atoms with Gasteiger partial charge in [-0.3, -0.25) is 4.79 Å². The third-order valence-corrected chi connectivity index (χ3v) is 5.50. The van der Waals surface area contributed by atoms with E-state index in [1.54, 1.807) is 50.8 Å². The van der Waals surface area contributed by atoms with Crippen LogP contribution >= 0.6 is 11.3 Å². The number of carbonyl (C=O) groups excluding carboxylic acids is 2. The minimum absolute atomic E-state index is 0.186. The van der Waals surface area contributed by atoms with E-state index in [-0.39, 0.29) is 24.7 Å². The van der Waals surface area contributed by atoms with Crippen LogP contribution in [0.2, 0.25) is 0 Å². The lowest BCUT2D eigenvalue weighted by atomic mass is 10.0. The monoisotopic (exact) mass is 455 g/mol. The van der Waals surface area contributed by atoms with Crippen molar-refractivity contribution in [2.45, 2.75) is 13.8 Å². The molecular weight excluding hydrogens is 430 g/mol. The maximum atomic E-state index is 12.7. The standard InChI is InChI=1S/C24H25NO6S/c1-5-30-24(27)22-18(16-8-11-19(28-3)20(12-16)29-4)14-32-23(22)25-21(26)13-31-17-9-6-15(2)7-10-17/h6-12,14H,5,13H2,1-4H3,(H,25,26). The van der Waals surface area contributed by atoms with E-state index in [9.17, 15) is 9.59 Å². The van der Waals surface area contributed by atoms with Crippen molar-refractivity contribution in [3.8, 4) is 28.4 Å². The zero-order valence-electron chi connectivity index (χ0n) is 18.4. The van der Waals surface area contributed by atoms with Crippen molar-refractivity contribution in [1.82, 2.24) is 0 Å². The molecule has 1 N–H and O–H groups in total. The van der Waals surface area contributed by atoms with Crippen molar-refractivity contribution < 1.29 is 28.5 Å². The van der Waals surface area contributed by atoms with E-state index >= 15 is 0 Å². The first kappa shape index (κ1) is 23.1. The molecule has 0 fully saturated rings. The van der Waals surface area contributed by atoms with E-state index in [1.165, 1.54) is 11.3 Å². The van der Waals surface area contributed by atoms with Gasteiger partial charge in [0.15, 0.2) is 18.1 Å². The fourth-order valence-electron chi connectivity index (χ4n) is 3.02. The maximum Gasteiger partial charge on any atom is 0.341 e. The number of aryl methyl sites for hydroxylation is 1. The van der Waals surface area contributed by atoms with Gasteiger partial charge in [-0.25, -0.2) is 4.79 Å². The molecule has 0 saturated heterocycles.